The zero-order valence-electron chi connectivity index (χ0n) is 10.9. The van der Waals surface area contributed by atoms with Crippen LogP contribution in [0.3, 0.4) is 0 Å². The summed E-state index contributed by atoms with van der Waals surface area (Å²) in [5.74, 6) is 1.17. The normalized spacial score (nSPS) is 14.6. The summed E-state index contributed by atoms with van der Waals surface area (Å²) in [6.45, 7) is 4.39. The number of aromatic nitrogens is 2. The molecule has 0 aromatic carbocycles. The molecule has 2 atom stereocenters. The Balaban J connectivity index is 2.90. The highest BCUT2D eigenvalue weighted by Gasteiger charge is 2.17. The van der Waals surface area contributed by atoms with E-state index in [9.17, 15) is 0 Å². The fourth-order valence-corrected chi connectivity index (χ4v) is 1.84. The molecule has 16 heavy (non-hydrogen) atoms. The number of anilines is 1. The maximum absolute atomic E-state index is 4.56. The van der Waals surface area contributed by atoms with Gasteiger partial charge in [-0.3, -0.25) is 0 Å². The molecule has 1 aromatic heterocycles. The van der Waals surface area contributed by atoms with Gasteiger partial charge in [-0.2, -0.15) is 0 Å². The van der Waals surface area contributed by atoms with Gasteiger partial charge >= 0.3 is 0 Å². The summed E-state index contributed by atoms with van der Waals surface area (Å²) in [7, 11) is 5.91. The van der Waals surface area contributed by atoms with E-state index < -0.39 is 0 Å². The monoisotopic (exact) mass is 222 g/mol. The topological polar surface area (TPSA) is 41.1 Å². The molecule has 0 aliphatic carbocycles. The molecule has 2 unspecified atom stereocenters. The minimum atomic E-state index is 0.400. The summed E-state index contributed by atoms with van der Waals surface area (Å²) >= 11 is 0. The Labute approximate surface area is 98.1 Å². The van der Waals surface area contributed by atoms with Crippen LogP contribution in [0.15, 0.2) is 12.3 Å². The maximum atomic E-state index is 4.56. The van der Waals surface area contributed by atoms with E-state index >= 15 is 0 Å². The largest absolute Gasteiger partial charge is 0.347 e. The third-order valence-corrected chi connectivity index (χ3v) is 2.95. The number of hydrogen-bond acceptors (Lipinski definition) is 4. The van der Waals surface area contributed by atoms with Crippen LogP contribution in [0.25, 0.3) is 0 Å². The van der Waals surface area contributed by atoms with Gasteiger partial charge in [0.2, 0.25) is 5.95 Å². The number of rotatable bonds is 5. The van der Waals surface area contributed by atoms with Gasteiger partial charge in [-0.05, 0) is 19.5 Å². The quantitative estimate of drug-likeness (QED) is 0.822. The highest BCUT2D eigenvalue weighted by atomic mass is 15.2. The van der Waals surface area contributed by atoms with Gasteiger partial charge in [0.25, 0.3) is 0 Å². The summed E-state index contributed by atoms with van der Waals surface area (Å²) in [4.78, 5) is 10.7. The molecule has 0 amide bonds. The van der Waals surface area contributed by atoms with Crippen LogP contribution in [0.5, 0.6) is 0 Å². The molecule has 1 aromatic rings. The first-order valence-corrected chi connectivity index (χ1v) is 5.77. The van der Waals surface area contributed by atoms with Crippen LogP contribution in [0.1, 0.15) is 31.9 Å². The Morgan fingerprint density at radius 3 is 2.62 bits per heavy atom. The lowest BCUT2D eigenvalue weighted by Crippen LogP contribution is -2.30. The maximum Gasteiger partial charge on any atom is 0.224 e. The zero-order chi connectivity index (χ0) is 12.1. The van der Waals surface area contributed by atoms with Crippen LogP contribution < -0.4 is 10.2 Å². The lowest BCUT2D eigenvalue weighted by Gasteiger charge is -2.22. The van der Waals surface area contributed by atoms with Crippen LogP contribution >= 0.6 is 0 Å². The first-order chi connectivity index (χ1) is 7.60. The minimum absolute atomic E-state index is 0.400. The fourth-order valence-electron chi connectivity index (χ4n) is 1.84. The van der Waals surface area contributed by atoms with E-state index in [0.717, 1.165) is 18.1 Å². The smallest absolute Gasteiger partial charge is 0.224 e. The second kappa shape index (κ2) is 5.80. The Hall–Kier alpha value is -1.16. The minimum Gasteiger partial charge on any atom is -0.347 e. The average Bonchev–Trinajstić information content (AvgIpc) is 2.30. The average molecular weight is 222 g/mol. The van der Waals surface area contributed by atoms with Crippen molar-refractivity contribution >= 4 is 5.95 Å². The number of nitrogens with zero attached hydrogens (tertiary/aromatic N) is 3. The van der Waals surface area contributed by atoms with E-state index in [1.54, 1.807) is 0 Å². The Morgan fingerprint density at radius 2 is 2.12 bits per heavy atom. The molecule has 1 N–H and O–H groups in total. The predicted molar refractivity (Wildman–Crippen MR) is 67.9 cm³/mol. The third kappa shape index (κ3) is 2.92. The number of likely N-dealkylation sites (N-methyl/N-ethyl adjacent to an activating group) is 1. The molecule has 0 spiro atoms. The molecule has 0 saturated heterocycles. The molecule has 4 nitrogen and oxygen atoms in total. The summed E-state index contributed by atoms with van der Waals surface area (Å²) in [5, 5.41) is 3.32. The molecule has 1 rings (SSSR count). The zero-order valence-corrected chi connectivity index (χ0v) is 10.9. The summed E-state index contributed by atoms with van der Waals surface area (Å²) in [6, 6.07) is 2.46. The molecule has 90 valence electrons. The highest BCUT2D eigenvalue weighted by molar-refractivity contribution is 5.28. The molecular formula is C12H22N4. The van der Waals surface area contributed by atoms with Gasteiger partial charge in [0.1, 0.15) is 0 Å². The Morgan fingerprint density at radius 1 is 1.44 bits per heavy atom. The van der Waals surface area contributed by atoms with Crippen LogP contribution in [-0.2, 0) is 0 Å². The molecular weight excluding hydrogens is 200 g/mol. The van der Waals surface area contributed by atoms with Gasteiger partial charge in [-0.15, -0.1) is 0 Å². The molecule has 0 aliphatic rings. The van der Waals surface area contributed by atoms with Crippen molar-refractivity contribution < 1.29 is 0 Å². The second-order valence-electron chi connectivity index (χ2n) is 4.27. The van der Waals surface area contributed by atoms with Gasteiger partial charge < -0.3 is 10.2 Å². The lowest BCUT2D eigenvalue weighted by atomic mass is 9.96. The first-order valence-electron chi connectivity index (χ1n) is 5.77. The first kappa shape index (κ1) is 12.9. The van der Waals surface area contributed by atoms with Crippen LogP contribution in [-0.4, -0.2) is 37.2 Å². The van der Waals surface area contributed by atoms with Crippen molar-refractivity contribution in [3.8, 4) is 0 Å². The summed E-state index contributed by atoms with van der Waals surface area (Å²) < 4.78 is 0. The van der Waals surface area contributed by atoms with E-state index in [1.165, 1.54) is 0 Å². The molecule has 0 saturated carbocycles. The van der Waals surface area contributed by atoms with E-state index in [4.69, 9.17) is 0 Å². The van der Waals surface area contributed by atoms with Crippen LogP contribution in [0, 0.1) is 0 Å². The van der Waals surface area contributed by atoms with Crippen LogP contribution in [0.4, 0.5) is 5.95 Å². The van der Waals surface area contributed by atoms with Crippen molar-refractivity contribution in [2.75, 3.05) is 26.0 Å². The van der Waals surface area contributed by atoms with E-state index in [1.807, 2.05) is 38.3 Å². The number of hydrogen-bond donors (Lipinski definition) is 1. The third-order valence-electron chi connectivity index (χ3n) is 2.95. The Bertz CT molecular complexity index is 321. The Kier molecular flexibility index (Phi) is 4.68. The molecule has 0 radical (unpaired) electrons. The van der Waals surface area contributed by atoms with Gasteiger partial charge in [0, 0.05) is 32.3 Å². The van der Waals surface area contributed by atoms with Gasteiger partial charge in [0.05, 0.1) is 5.69 Å². The number of nitrogens with one attached hydrogen (secondary N) is 1. The molecule has 1 heterocycles. The SMILES string of the molecule is CCC(NC)C(C)c1ccnc(N(C)C)n1. The second-order valence-corrected chi connectivity index (χ2v) is 4.27. The lowest BCUT2D eigenvalue weighted by molar-refractivity contribution is 0.465. The summed E-state index contributed by atoms with van der Waals surface area (Å²) in [5.41, 5.74) is 1.10. The van der Waals surface area contributed by atoms with E-state index in [-0.39, 0.29) is 0 Å². The molecule has 0 fully saturated rings. The van der Waals surface area contributed by atoms with Crippen molar-refractivity contribution in [1.82, 2.24) is 15.3 Å². The van der Waals surface area contributed by atoms with Crippen molar-refractivity contribution in [2.45, 2.75) is 32.2 Å². The van der Waals surface area contributed by atoms with E-state index in [2.05, 4.69) is 29.1 Å². The van der Waals surface area contributed by atoms with Crippen molar-refractivity contribution in [2.24, 2.45) is 0 Å². The molecule has 0 bridgehead atoms. The molecule has 4 heteroatoms. The predicted octanol–water partition coefficient (Wildman–Crippen LogP) is 1.64. The van der Waals surface area contributed by atoms with Crippen molar-refractivity contribution in [3.63, 3.8) is 0 Å². The molecule has 0 aliphatic heterocycles. The van der Waals surface area contributed by atoms with Crippen LogP contribution in [0.2, 0.25) is 0 Å². The van der Waals surface area contributed by atoms with Gasteiger partial charge in [-0.25, -0.2) is 9.97 Å². The van der Waals surface area contributed by atoms with Crippen molar-refractivity contribution in [3.05, 3.63) is 18.0 Å². The fraction of sp³-hybridized carbons (Fsp3) is 0.667. The highest BCUT2D eigenvalue weighted by Crippen LogP contribution is 2.19. The van der Waals surface area contributed by atoms with E-state index in [0.29, 0.717) is 12.0 Å². The van der Waals surface area contributed by atoms with Crippen molar-refractivity contribution in [1.29, 1.82) is 0 Å². The standard InChI is InChI=1S/C12H22N4/c1-6-10(13-3)9(2)11-7-8-14-12(15-11)16(4)5/h7-10,13H,6H2,1-5H3. The van der Waals surface area contributed by atoms with Gasteiger partial charge in [-0.1, -0.05) is 13.8 Å². The summed E-state index contributed by atoms with van der Waals surface area (Å²) in [6.07, 6.45) is 2.93. The van der Waals surface area contributed by atoms with Gasteiger partial charge in [0.15, 0.2) is 0 Å².